The molecule has 104 valence electrons. The van der Waals surface area contributed by atoms with Crippen molar-refractivity contribution in [2.45, 2.75) is 33.1 Å². The molecule has 0 radical (unpaired) electrons. The summed E-state index contributed by atoms with van der Waals surface area (Å²) < 4.78 is 4.54. The number of esters is 2. The van der Waals surface area contributed by atoms with Gasteiger partial charge in [-0.15, -0.1) is 0 Å². The van der Waals surface area contributed by atoms with Gasteiger partial charge in [0.1, 0.15) is 0 Å². The first-order valence-corrected chi connectivity index (χ1v) is 5.92. The van der Waals surface area contributed by atoms with E-state index < -0.39 is 17.9 Å². The lowest BCUT2D eigenvalue weighted by atomic mass is 10.1. The Labute approximate surface area is 112 Å². The third-order valence-electron chi connectivity index (χ3n) is 1.98. The summed E-state index contributed by atoms with van der Waals surface area (Å²) in [5.74, 6) is -1.75. The molecule has 0 bridgehead atoms. The van der Waals surface area contributed by atoms with Gasteiger partial charge in [-0.2, -0.15) is 0 Å². The number of ether oxygens (including phenoxy) is 1. The lowest BCUT2D eigenvalue weighted by molar-refractivity contribution is -0.159. The zero-order valence-electron chi connectivity index (χ0n) is 11.1. The Hall–Kier alpha value is -2.17. The Morgan fingerprint density at radius 1 is 1.11 bits per heavy atom. The van der Waals surface area contributed by atoms with E-state index in [0.717, 1.165) is 12.5 Å². The zero-order chi connectivity index (χ0) is 14.7. The van der Waals surface area contributed by atoms with E-state index in [1.807, 2.05) is 30.3 Å². The number of carboxylic acid groups (broad SMARTS) is 1. The predicted molar refractivity (Wildman–Crippen MR) is 69.5 cm³/mol. The predicted octanol–water partition coefficient (Wildman–Crippen LogP) is 2.19. The van der Waals surface area contributed by atoms with Crippen molar-refractivity contribution in [3.63, 3.8) is 0 Å². The van der Waals surface area contributed by atoms with Gasteiger partial charge >= 0.3 is 11.9 Å². The molecule has 0 spiro atoms. The van der Waals surface area contributed by atoms with Crippen LogP contribution in [0.1, 0.15) is 32.3 Å². The van der Waals surface area contributed by atoms with Crippen molar-refractivity contribution < 1.29 is 24.2 Å². The van der Waals surface area contributed by atoms with Gasteiger partial charge in [0.05, 0.1) is 6.42 Å². The lowest BCUT2D eigenvalue weighted by Crippen LogP contribution is -2.11. The molecule has 0 amide bonds. The number of aliphatic carboxylic acids is 1. The van der Waals surface area contributed by atoms with Gasteiger partial charge in [-0.25, -0.2) is 0 Å². The summed E-state index contributed by atoms with van der Waals surface area (Å²) in [5, 5.41) is 7.42. The van der Waals surface area contributed by atoms with Crippen LogP contribution < -0.4 is 0 Å². The molecule has 0 heterocycles. The van der Waals surface area contributed by atoms with E-state index >= 15 is 0 Å². The van der Waals surface area contributed by atoms with Crippen LogP contribution in [-0.2, 0) is 25.5 Å². The van der Waals surface area contributed by atoms with E-state index in [1.54, 1.807) is 6.92 Å². The minimum absolute atomic E-state index is 0.233. The molecule has 5 nitrogen and oxygen atoms in total. The summed E-state index contributed by atoms with van der Waals surface area (Å²) in [4.78, 5) is 30.9. The minimum atomic E-state index is -0.833. The first kappa shape index (κ1) is 16.8. The van der Waals surface area contributed by atoms with Crippen molar-refractivity contribution in [1.82, 2.24) is 0 Å². The Balaban J connectivity index is 0.000000711. The fraction of sp³-hybridized carbons (Fsp3) is 0.357. The number of rotatable bonds is 4. The number of aryl methyl sites for hydroxylation is 1. The fourth-order valence-electron chi connectivity index (χ4n) is 1.14. The zero-order valence-corrected chi connectivity index (χ0v) is 11.1. The van der Waals surface area contributed by atoms with Gasteiger partial charge in [-0.1, -0.05) is 37.3 Å². The van der Waals surface area contributed by atoms with Crippen molar-refractivity contribution in [2.24, 2.45) is 0 Å². The third kappa shape index (κ3) is 10.7. The third-order valence-corrected chi connectivity index (χ3v) is 1.98. The normalized spacial score (nSPS) is 8.95. The average molecular weight is 266 g/mol. The molecule has 0 unspecified atom stereocenters. The number of hydrogen-bond donors (Lipinski definition) is 1. The van der Waals surface area contributed by atoms with Crippen molar-refractivity contribution in [3.05, 3.63) is 35.9 Å². The smallest absolute Gasteiger partial charge is 0.313 e. The number of benzene rings is 1. The molecule has 0 aliphatic carbocycles. The van der Waals surface area contributed by atoms with Gasteiger partial charge in [0.25, 0.3) is 5.97 Å². The summed E-state index contributed by atoms with van der Waals surface area (Å²) in [6, 6.07) is 9.63. The van der Waals surface area contributed by atoms with Crippen molar-refractivity contribution in [1.29, 1.82) is 0 Å². The molecule has 1 rings (SSSR count). The van der Waals surface area contributed by atoms with Crippen LogP contribution in [0.25, 0.3) is 0 Å². The highest BCUT2D eigenvalue weighted by Crippen LogP contribution is 2.03. The topological polar surface area (TPSA) is 80.7 Å². The van der Waals surface area contributed by atoms with Crippen LogP contribution >= 0.6 is 0 Å². The number of carbonyl (C=O) groups excluding carboxylic acids is 2. The lowest BCUT2D eigenvalue weighted by Gasteiger charge is -2.01. The molecule has 5 heteroatoms. The average Bonchev–Trinajstić information content (AvgIpc) is 2.37. The number of carbonyl (C=O) groups is 3. The SMILES string of the molecule is CC(=O)O.CCC(=O)OC(=O)CCc1ccccc1. The first-order chi connectivity index (χ1) is 8.95. The van der Waals surface area contributed by atoms with Gasteiger partial charge in [-0.3, -0.25) is 14.4 Å². The molecular formula is C14H18O5. The highest BCUT2D eigenvalue weighted by atomic mass is 16.6. The fourth-order valence-corrected chi connectivity index (χ4v) is 1.14. The summed E-state index contributed by atoms with van der Waals surface area (Å²) >= 11 is 0. The van der Waals surface area contributed by atoms with Gasteiger partial charge < -0.3 is 9.84 Å². The Kier molecular flexibility index (Phi) is 8.70. The van der Waals surface area contributed by atoms with Crippen LogP contribution in [-0.4, -0.2) is 23.0 Å². The molecule has 0 saturated carbocycles. The van der Waals surface area contributed by atoms with E-state index in [1.165, 1.54) is 0 Å². The Morgan fingerprint density at radius 2 is 1.63 bits per heavy atom. The van der Waals surface area contributed by atoms with E-state index in [0.29, 0.717) is 6.42 Å². The maximum Gasteiger partial charge on any atom is 0.313 e. The molecule has 1 aromatic rings. The number of hydrogen-bond acceptors (Lipinski definition) is 4. The van der Waals surface area contributed by atoms with E-state index in [4.69, 9.17) is 9.90 Å². The summed E-state index contributed by atoms with van der Waals surface area (Å²) in [7, 11) is 0. The highest BCUT2D eigenvalue weighted by Gasteiger charge is 2.07. The largest absolute Gasteiger partial charge is 0.481 e. The quantitative estimate of drug-likeness (QED) is 0.667. The van der Waals surface area contributed by atoms with Crippen molar-refractivity contribution in [3.8, 4) is 0 Å². The van der Waals surface area contributed by atoms with Crippen LogP contribution in [0.4, 0.5) is 0 Å². The molecule has 0 aliphatic heterocycles. The van der Waals surface area contributed by atoms with Crippen molar-refractivity contribution >= 4 is 17.9 Å². The van der Waals surface area contributed by atoms with E-state index in [2.05, 4.69) is 4.74 Å². The summed E-state index contributed by atoms with van der Waals surface area (Å²) in [5.41, 5.74) is 1.07. The van der Waals surface area contributed by atoms with Crippen LogP contribution in [0.5, 0.6) is 0 Å². The number of carboxylic acids is 1. The molecule has 0 atom stereocenters. The second kappa shape index (κ2) is 9.82. The first-order valence-electron chi connectivity index (χ1n) is 5.92. The molecule has 0 aliphatic rings. The van der Waals surface area contributed by atoms with Gasteiger partial charge in [-0.05, 0) is 12.0 Å². The molecule has 1 aromatic carbocycles. The van der Waals surface area contributed by atoms with Gasteiger partial charge in [0, 0.05) is 13.3 Å². The Bertz CT molecular complexity index is 407. The molecule has 0 saturated heterocycles. The van der Waals surface area contributed by atoms with Crippen LogP contribution in [0.2, 0.25) is 0 Å². The monoisotopic (exact) mass is 266 g/mol. The second-order valence-corrected chi connectivity index (χ2v) is 3.70. The maximum atomic E-state index is 11.1. The van der Waals surface area contributed by atoms with Crippen LogP contribution in [0, 0.1) is 0 Å². The van der Waals surface area contributed by atoms with E-state index in [9.17, 15) is 9.59 Å². The Morgan fingerprint density at radius 3 is 2.11 bits per heavy atom. The summed E-state index contributed by atoms with van der Waals surface area (Å²) in [6.45, 7) is 2.74. The molecule has 1 N–H and O–H groups in total. The molecule has 0 aromatic heterocycles. The molecule has 0 fully saturated rings. The highest BCUT2D eigenvalue weighted by molar-refractivity contribution is 5.85. The van der Waals surface area contributed by atoms with Gasteiger partial charge in [0.15, 0.2) is 0 Å². The second-order valence-electron chi connectivity index (χ2n) is 3.70. The van der Waals surface area contributed by atoms with E-state index in [-0.39, 0.29) is 12.8 Å². The molecular weight excluding hydrogens is 248 g/mol. The van der Waals surface area contributed by atoms with Crippen LogP contribution in [0.15, 0.2) is 30.3 Å². The van der Waals surface area contributed by atoms with Crippen molar-refractivity contribution in [2.75, 3.05) is 0 Å². The standard InChI is InChI=1S/C12H14O3.C2H4O2/c1-2-11(13)15-12(14)9-8-10-6-4-3-5-7-10;1-2(3)4/h3-7H,2,8-9H2,1H3;1H3,(H,3,4). The van der Waals surface area contributed by atoms with Gasteiger partial charge in [0.2, 0.25) is 0 Å². The summed E-state index contributed by atoms with van der Waals surface area (Å²) in [6.07, 6.45) is 1.09. The maximum absolute atomic E-state index is 11.1. The molecule has 19 heavy (non-hydrogen) atoms. The minimum Gasteiger partial charge on any atom is -0.481 e. The van der Waals surface area contributed by atoms with Crippen LogP contribution in [0.3, 0.4) is 0 Å².